The molecule has 1 heterocycles. The lowest BCUT2D eigenvalue weighted by Crippen LogP contribution is -2.36. The van der Waals surface area contributed by atoms with Gasteiger partial charge in [0, 0.05) is 26.8 Å². The zero-order valence-corrected chi connectivity index (χ0v) is 9.45. The van der Waals surface area contributed by atoms with Crippen molar-refractivity contribution in [1.82, 2.24) is 4.90 Å². The van der Waals surface area contributed by atoms with Crippen LogP contribution in [0.2, 0.25) is 0 Å². The number of carbonyl (C=O) groups is 1. The van der Waals surface area contributed by atoms with E-state index in [4.69, 9.17) is 9.84 Å². The quantitative estimate of drug-likeness (QED) is 0.666. The van der Waals surface area contributed by atoms with Crippen LogP contribution in [-0.2, 0) is 9.53 Å². The van der Waals surface area contributed by atoms with Gasteiger partial charge in [-0.2, -0.15) is 0 Å². The number of likely N-dealkylation sites (N-methyl/N-ethyl adjacent to an activating group) is 1. The van der Waals surface area contributed by atoms with Crippen LogP contribution in [0.1, 0.15) is 32.1 Å². The second-order valence-electron chi connectivity index (χ2n) is 4.05. The minimum absolute atomic E-state index is 0.108. The molecule has 1 saturated heterocycles. The summed E-state index contributed by atoms with van der Waals surface area (Å²) in [6.45, 7) is 1.72. The number of aliphatic hydroxyl groups is 1. The van der Waals surface area contributed by atoms with Crippen molar-refractivity contribution in [3.8, 4) is 0 Å². The second kappa shape index (κ2) is 6.80. The third-order valence-electron chi connectivity index (χ3n) is 2.73. The average molecular weight is 215 g/mol. The van der Waals surface area contributed by atoms with Gasteiger partial charge in [0.25, 0.3) is 5.91 Å². The molecular weight excluding hydrogens is 194 g/mol. The highest BCUT2D eigenvalue weighted by atomic mass is 16.5. The molecule has 0 aliphatic carbocycles. The molecule has 4 nitrogen and oxygen atoms in total. The minimum atomic E-state index is -0.201. The van der Waals surface area contributed by atoms with Crippen LogP contribution in [0.15, 0.2) is 0 Å². The summed E-state index contributed by atoms with van der Waals surface area (Å²) in [5.41, 5.74) is 0. The molecule has 4 heteroatoms. The van der Waals surface area contributed by atoms with E-state index in [-0.39, 0.29) is 18.6 Å². The largest absolute Gasteiger partial charge is 0.396 e. The van der Waals surface area contributed by atoms with E-state index in [0.717, 1.165) is 45.3 Å². The van der Waals surface area contributed by atoms with Gasteiger partial charge in [0.05, 0.1) is 0 Å². The van der Waals surface area contributed by atoms with Crippen LogP contribution in [0.3, 0.4) is 0 Å². The van der Waals surface area contributed by atoms with Gasteiger partial charge in [-0.15, -0.1) is 0 Å². The highest BCUT2D eigenvalue weighted by Crippen LogP contribution is 2.14. The molecule has 1 atom stereocenters. The Bertz CT molecular complexity index is 190. The van der Waals surface area contributed by atoms with Crippen LogP contribution in [0.25, 0.3) is 0 Å². The Balaban J connectivity index is 2.14. The van der Waals surface area contributed by atoms with Crippen molar-refractivity contribution in [2.24, 2.45) is 0 Å². The Morgan fingerprint density at radius 3 is 2.87 bits per heavy atom. The lowest BCUT2D eigenvalue weighted by atomic mass is 10.2. The Morgan fingerprint density at radius 2 is 2.27 bits per heavy atom. The molecule has 0 radical (unpaired) electrons. The number of amides is 1. The number of nitrogens with zero attached hydrogens (tertiary/aromatic N) is 1. The van der Waals surface area contributed by atoms with E-state index < -0.39 is 0 Å². The molecule has 0 spiro atoms. The van der Waals surface area contributed by atoms with Crippen molar-refractivity contribution in [1.29, 1.82) is 0 Å². The van der Waals surface area contributed by atoms with Crippen LogP contribution in [0, 0.1) is 0 Å². The van der Waals surface area contributed by atoms with Crippen molar-refractivity contribution in [3.05, 3.63) is 0 Å². The first kappa shape index (κ1) is 12.5. The molecule has 88 valence electrons. The van der Waals surface area contributed by atoms with Crippen LogP contribution in [-0.4, -0.2) is 48.8 Å². The Labute approximate surface area is 91.2 Å². The molecule has 1 amide bonds. The molecule has 0 aromatic carbocycles. The van der Waals surface area contributed by atoms with Crippen molar-refractivity contribution < 1.29 is 14.6 Å². The average Bonchev–Trinajstić information content (AvgIpc) is 2.76. The number of hydrogen-bond acceptors (Lipinski definition) is 3. The molecule has 1 aliphatic rings. The first-order chi connectivity index (χ1) is 7.25. The van der Waals surface area contributed by atoms with Gasteiger partial charge in [-0.05, 0) is 32.1 Å². The smallest absolute Gasteiger partial charge is 0.251 e. The fourth-order valence-corrected chi connectivity index (χ4v) is 1.77. The third kappa shape index (κ3) is 4.18. The maximum atomic E-state index is 11.8. The lowest BCUT2D eigenvalue weighted by Gasteiger charge is -2.20. The van der Waals surface area contributed by atoms with Crippen molar-refractivity contribution in [3.63, 3.8) is 0 Å². The number of unbranched alkanes of at least 4 members (excludes halogenated alkanes) is 2. The zero-order chi connectivity index (χ0) is 11.1. The molecule has 0 saturated carbocycles. The second-order valence-corrected chi connectivity index (χ2v) is 4.05. The molecule has 0 bridgehead atoms. The number of ether oxygens (including phenoxy) is 1. The van der Waals surface area contributed by atoms with Gasteiger partial charge in [-0.25, -0.2) is 0 Å². The highest BCUT2D eigenvalue weighted by molar-refractivity contribution is 5.80. The van der Waals surface area contributed by atoms with Crippen LogP contribution in [0.5, 0.6) is 0 Å². The van der Waals surface area contributed by atoms with E-state index in [1.54, 1.807) is 4.90 Å². The highest BCUT2D eigenvalue weighted by Gasteiger charge is 2.25. The molecule has 0 aromatic heterocycles. The number of hydrogen-bond donors (Lipinski definition) is 1. The summed E-state index contributed by atoms with van der Waals surface area (Å²) in [4.78, 5) is 13.5. The normalized spacial score (nSPS) is 20.5. The van der Waals surface area contributed by atoms with Gasteiger partial charge in [0.1, 0.15) is 6.10 Å². The predicted molar refractivity (Wildman–Crippen MR) is 57.5 cm³/mol. The van der Waals surface area contributed by atoms with Crippen molar-refractivity contribution in [2.75, 3.05) is 26.8 Å². The number of rotatable bonds is 6. The third-order valence-corrected chi connectivity index (χ3v) is 2.73. The molecule has 0 unspecified atom stereocenters. The Kier molecular flexibility index (Phi) is 5.65. The van der Waals surface area contributed by atoms with Gasteiger partial charge in [-0.1, -0.05) is 0 Å². The Morgan fingerprint density at radius 1 is 1.47 bits per heavy atom. The van der Waals surface area contributed by atoms with Crippen LogP contribution >= 0.6 is 0 Å². The van der Waals surface area contributed by atoms with Gasteiger partial charge >= 0.3 is 0 Å². The fourth-order valence-electron chi connectivity index (χ4n) is 1.77. The molecule has 1 rings (SSSR count). The van der Waals surface area contributed by atoms with Crippen molar-refractivity contribution >= 4 is 5.91 Å². The first-order valence-corrected chi connectivity index (χ1v) is 5.73. The van der Waals surface area contributed by atoms with Gasteiger partial charge in [0.15, 0.2) is 0 Å². The maximum Gasteiger partial charge on any atom is 0.251 e. The summed E-state index contributed by atoms with van der Waals surface area (Å²) >= 11 is 0. The molecule has 15 heavy (non-hydrogen) atoms. The van der Waals surface area contributed by atoms with Crippen molar-refractivity contribution in [2.45, 2.75) is 38.2 Å². The summed E-state index contributed by atoms with van der Waals surface area (Å²) in [5, 5.41) is 8.61. The van der Waals surface area contributed by atoms with Gasteiger partial charge < -0.3 is 14.7 Å². The summed E-state index contributed by atoms with van der Waals surface area (Å²) in [5.74, 6) is 0.108. The Hall–Kier alpha value is -0.610. The lowest BCUT2D eigenvalue weighted by molar-refractivity contribution is -0.139. The SMILES string of the molecule is CN(CCCCCO)C(=O)[C@@H]1CCCO1. The molecule has 1 N–H and O–H groups in total. The first-order valence-electron chi connectivity index (χ1n) is 5.73. The molecule has 0 aromatic rings. The number of carbonyl (C=O) groups excluding carboxylic acids is 1. The predicted octanol–water partition coefficient (Wildman–Crippen LogP) is 0.786. The van der Waals surface area contributed by atoms with Gasteiger partial charge in [0.2, 0.25) is 0 Å². The topological polar surface area (TPSA) is 49.8 Å². The zero-order valence-electron chi connectivity index (χ0n) is 9.45. The molecule has 1 fully saturated rings. The van der Waals surface area contributed by atoms with Crippen LogP contribution < -0.4 is 0 Å². The number of aliphatic hydroxyl groups excluding tert-OH is 1. The standard InChI is InChI=1S/C11H21NO3/c1-12(7-3-2-4-8-13)11(14)10-6-5-9-15-10/h10,13H,2-9H2,1H3/t10-/m0/s1. The van der Waals surface area contributed by atoms with Gasteiger partial charge in [-0.3, -0.25) is 4.79 Å². The molecular formula is C11H21NO3. The van der Waals surface area contributed by atoms with E-state index >= 15 is 0 Å². The van der Waals surface area contributed by atoms with E-state index in [1.165, 1.54) is 0 Å². The summed E-state index contributed by atoms with van der Waals surface area (Å²) < 4.78 is 5.33. The maximum absolute atomic E-state index is 11.8. The summed E-state index contributed by atoms with van der Waals surface area (Å²) in [6, 6.07) is 0. The van der Waals surface area contributed by atoms with Crippen LogP contribution in [0.4, 0.5) is 0 Å². The van der Waals surface area contributed by atoms with E-state index in [9.17, 15) is 4.79 Å². The molecule has 1 aliphatic heterocycles. The fraction of sp³-hybridized carbons (Fsp3) is 0.909. The van der Waals surface area contributed by atoms with E-state index in [1.807, 2.05) is 7.05 Å². The van der Waals surface area contributed by atoms with E-state index in [2.05, 4.69) is 0 Å². The summed E-state index contributed by atoms with van der Waals surface area (Å²) in [7, 11) is 1.82. The minimum Gasteiger partial charge on any atom is -0.396 e. The summed E-state index contributed by atoms with van der Waals surface area (Å²) in [6.07, 6.45) is 4.40. The van der Waals surface area contributed by atoms with E-state index in [0.29, 0.717) is 0 Å². The monoisotopic (exact) mass is 215 g/mol.